The maximum Gasteiger partial charge on any atom is 0.258 e. The number of hydrogen-bond donors (Lipinski definition) is 1. The van der Waals surface area contributed by atoms with Crippen LogP contribution in [0, 0.1) is 0 Å². The van der Waals surface area contributed by atoms with E-state index in [9.17, 15) is 4.79 Å². The standard InChI is InChI=1S/C19H19N3O5/c1-24-14-8-6-13(7-9-14)19-21-18(27-22-19)11-20-17(23)12-26-16-5-3-4-15(10-16)25-2/h3-10H,11-12H2,1-2H3,(H,20,23). The molecule has 2 aromatic carbocycles. The van der Waals surface area contributed by atoms with Crippen LogP contribution >= 0.6 is 0 Å². The summed E-state index contributed by atoms with van der Waals surface area (Å²) in [6.07, 6.45) is 0. The molecule has 8 nitrogen and oxygen atoms in total. The summed E-state index contributed by atoms with van der Waals surface area (Å²) in [6, 6.07) is 14.3. The fraction of sp³-hybridized carbons (Fsp3) is 0.211. The van der Waals surface area contributed by atoms with Crippen molar-refractivity contribution in [2.24, 2.45) is 0 Å². The number of nitrogens with one attached hydrogen (secondary N) is 1. The molecule has 0 radical (unpaired) electrons. The van der Waals surface area contributed by atoms with Crippen LogP contribution in [0.25, 0.3) is 11.4 Å². The van der Waals surface area contributed by atoms with Crippen LogP contribution in [0.1, 0.15) is 5.89 Å². The summed E-state index contributed by atoms with van der Waals surface area (Å²) in [6.45, 7) is -0.0178. The van der Waals surface area contributed by atoms with Gasteiger partial charge in [0.2, 0.25) is 11.7 Å². The van der Waals surface area contributed by atoms with E-state index in [1.165, 1.54) is 0 Å². The summed E-state index contributed by atoms with van der Waals surface area (Å²) in [7, 11) is 3.17. The van der Waals surface area contributed by atoms with Gasteiger partial charge in [-0.15, -0.1) is 0 Å². The molecular weight excluding hydrogens is 350 g/mol. The number of nitrogens with zero attached hydrogens (tertiary/aromatic N) is 2. The average molecular weight is 369 g/mol. The van der Waals surface area contributed by atoms with Crippen LogP contribution in [-0.4, -0.2) is 36.9 Å². The number of hydrogen-bond acceptors (Lipinski definition) is 7. The van der Waals surface area contributed by atoms with Crippen molar-refractivity contribution in [1.29, 1.82) is 0 Å². The molecule has 3 rings (SSSR count). The van der Waals surface area contributed by atoms with Crippen LogP contribution in [0.4, 0.5) is 0 Å². The van der Waals surface area contributed by atoms with Gasteiger partial charge in [0.25, 0.3) is 5.91 Å². The van der Waals surface area contributed by atoms with E-state index in [2.05, 4.69) is 15.5 Å². The Bertz CT molecular complexity index is 892. The van der Waals surface area contributed by atoms with Crippen molar-refractivity contribution in [3.8, 4) is 28.6 Å². The fourth-order valence-corrected chi connectivity index (χ4v) is 2.25. The molecule has 1 aromatic heterocycles. The molecule has 0 aliphatic heterocycles. The van der Waals surface area contributed by atoms with E-state index in [1.54, 1.807) is 38.5 Å². The first-order valence-electron chi connectivity index (χ1n) is 8.18. The molecule has 0 aliphatic rings. The number of amides is 1. The number of benzene rings is 2. The summed E-state index contributed by atoms with van der Waals surface area (Å²) in [4.78, 5) is 16.2. The third-order valence-corrected chi connectivity index (χ3v) is 3.66. The van der Waals surface area contributed by atoms with Gasteiger partial charge in [0.15, 0.2) is 6.61 Å². The summed E-state index contributed by atoms with van der Waals surface area (Å²) < 4.78 is 20.8. The maximum atomic E-state index is 11.9. The molecule has 8 heteroatoms. The van der Waals surface area contributed by atoms with Gasteiger partial charge in [0.1, 0.15) is 17.2 Å². The molecule has 0 spiro atoms. The van der Waals surface area contributed by atoms with Crippen LogP contribution < -0.4 is 19.5 Å². The Hall–Kier alpha value is -3.55. The molecule has 3 aromatic rings. The minimum atomic E-state index is -0.304. The first-order chi connectivity index (χ1) is 13.2. The highest BCUT2D eigenvalue weighted by Gasteiger charge is 2.10. The van der Waals surface area contributed by atoms with Crippen LogP contribution in [-0.2, 0) is 11.3 Å². The quantitative estimate of drug-likeness (QED) is 0.651. The van der Waals surface area contributed by atoms with E-state index in [0.717, 1.165) is 11.3 Å². The van der Waals surface area contributed by atoms with Gasteiger partial charge in [-0.3, -0.25) is 4.79 Å². The van der Waals surface area contributed by atoms with Gasteiger partial charge in [-0.1, -0.05) is 11.2 Å². The third kappa shape index (κ3) is 4.97. The van der Waals surface area contributed by atoms with Crippen LogP contribution in [0.2, 0.25) is 0 Å². The Balaban J connectivity index is 1.49. The van der Waals surface area contributed by atoms with Gasteiger partial charge < -0.3 is 24.1 Å². The molecule has 1 amide bonds. The van der Waals surface area contributed by atoms with Crippen molar-refractivity contribution in [3.63, 3.8) is 0 Å². The van der Waals surface area contributed by atoms with Gasteiger partial charge in [-0.05, 0) is 36.4 Å². The Morgan fingerprint density at radius 3 is 2.52 bits per heavy atom. The zero-order chi connectivity index (χ0) is 19.1. The molecule has 0 unspecified atom stereocenters. The molecule has 0 bridgehead atoms. The largest absolute Gasteiger partial charge is 0.497 e. The molecule has 1 heterocycles. The number of methoxy groups -OCH3 is 2. The highest BCUT2D eigenvalue weighted by molar-refractivity contribution is 5.77. The van der Waals surface area contributed by atoms with Crippen molar-refractivity contribution in [1.82, 2.24) is 15.5 Å². The van der Waals surface area contributed by atoms with Gasteiger partial charge in [-0.25, -0.2) is 0 Å². The van der Waals surface area contributed by atoms with E-state index in [1.807, 2.05) is 24.3 Å². The zero-order valence-corrected chi connectivity index (χ0v) is 15.0. The summed E-state index contributed by atoms with van der Waals surface area (Å²) >= 11 is 0. The molecule has 0 saturated heterocycles. The average Bonchev–Trinajstić information content (AvgIpc) is 3.20. The molecule has 0 aliphatic carbocycles. The first kappa shape index (κ1) is 18.2. The lowest BCUT2D eigenvalue weighted by Gasteiger charge is -2.07. The zero-order valence-electron chi connectivity index (χ0n) is 15.0. The van der Waals surface area contributed by atoms with Gasteiger partial charge in [0, 0.05) is 11.6 Å². The third-order valence-electron chi connectivity index (χ3n) is 3.66. The second-order valence-corrected chi connectivity index (χ2v) is 5.48. The lowest BCUT2D eigenvalue weighted by Crippen LogP contribution is -2.28. The van der Waals surface area contributed by atoms with Crippen LogP contribution in [0.15, 0.2) is 53.1 Å². The Labute approximate surface area is 156 Å². The van der Waals surface area contributed by atoms with Crippen LogP contribution in [0.3, 0.4) is 0 Å². The highest BCUT2D eigenvalue weighted by atomic mass is 16.5. The SMILES string of the molecule is COc1ccc(-c2noc(CNC(=O)COc3cccc(OC)c3)n2)cc1. The second kappa shape index (κ2) is 8.70. The fourth-order valence-electron chi connectivity index (χ4n) is 2.25. The number of ether oxygens (including phenoxy) is 3. The normalized spacial score (nSPS) is 10.3. The lowest BCUT2D eigenvalue weighted by molar-refractivity contribution is -0.123. The topological polar surface area (TPSA) is 95.7 Å². The number of carbonyl (C=O) groups excluding carboxylic acids is 1. The smallest absolute Gasteiger partial charge is 0.258 e. The van der Waals surface area contributed by atoms with E-state index in [4.69, 9.17) is 18.7 Å². The number of aromatic nitrogens is 2. The van der Waals surface area contributed by atoms with Crippen molar-refractivity contribution in [2.75, 3.05) is 20.8 Å². The first-order valence-corrected chi connectivity index (χ1v) is 8.18. The highest BCUT2D eigenvalue weighted by Crippen LogP contribution is 2.20. The van der Waals surface area contributed by atoms with Crippen LogP contribution in [0.5, 0.6) is 17.2 Å². The molecule has 0 atom stereocenters. The second-order valence-electron chi connectivity index (χ2n) is 5.48. The Morgan fingerprint density at radius 1 is 1.04 bits per heavy atom. The van der Waals surface area contributed by atoms with E-state index in [0.29, 0.717) is 23.2 Å². The monoisotopic (exact) mass is 369 g/mol. The van der Waals surface area contributed by atoms with Crippen molar-refractivity contribution in [3.05, 3.63) is 54.4 Å². The summed E-state index contributed by atoms with van der Waals surface area (Å²) in [5.41, 5.74) is 0.790. The molecule has 0 fully saturated rings. The molecule has 0 saturated carbocycles. The summed E-state index contributed by atoms with van der Waals surface area (Å²) in [5.74, 6) is 2.38. The van der Waals surface area contributed by atoms with Gasteiger partial charge in [0.05, 0.1) is 20.8 Å². The molecular formula is C19H19N3O5. The lowest BCUT2D eigenvalue weighted by atomic mass is 10.2. The van der Waals surface area contributed by atoms with Gasteiger partial charge in [-0.2, -0.15) is 4.98 Å². The van der Waals surface area contributed by atoms with Gasteiger partial charge >= 0.3 is 0 Å². The molecule has 140 valence electrons. The van der Waals surface area contributed by atoms with Crippen molar-refractivity contribution < 1.29 is 23.5 Å². The Kier molecular flexibility index (Phi) is 5.88. The minimum absolute atomic E-state index is 0.115. The Morgan fingerprint density at radius 2 is 1.78 bits per heavy atom. The number of carbonyl (C=O) groups is 1. The van der Waals surface area contributed by atoms with Crippen molar-refractivity contribution >= 4 is 5.91 Å². The van der Waals surface area contributed by atoms with E-state index < -0.39 is 0 Å². The van der Waals surface area contributed by atoms with E-state index >= 15 is 0 Å². The summed E-state index contributed by atoms with van der Waals surface area (Å²) in [5, 5.41) is 6.58. The maximum absolute atomic E-state index is 11.9. The minimum Gasteiger partial charge on any atom is -0.497 e. The van der Waals surface area contributed by atoms with Crippen molar-refractivity contribution in [2.45, 2.75) is 6.54 Å². The molecule has 1 N–H and O–H groups in total. The predicted molar refractivity (Wildman–Crippen MR) is 96.6 cm³/mol. The number of rotatable bonds is 8. The van der Waals surface area contributed by atoms with E-state index in [-0.39, 0.29) is 19.1 Å². The molecule has 27 heavy (non-hydrogen) atoms. The predicted octanol–water partition coefficient (Wildman–Crippen LogP) is 2.45.